The van der Waals surface area contributed by atoms with Crippen LogP contribution in [0.15, 0.2) is 0 Å². The maximum absolute atomic E-state index is 11.5. The Labute approximate surface area is 83.7 Å². The number of halogens is 1. The first-order chi connectivity index (χ1) is 5.97. The molecule has 1 saturated heterocycles. The monoisotopic (exact) mass is 205 g/mol. The van der Waals surface area contributed by atoms with Crippen LogP contribution in [0.1, 0.15) is 26.7 Å². The Morgan fingerprint density at radius 2 is 2.31 bits per heavy atom. The third kappa shape index (κ3) is 2.35. The number of amides is 1. The van der Waals surface area contributed by atoms with E-state index < -0.39 is 0 Å². The summed E-state index contributed by atoms with van der Waals surface area (Å²) in [6.45, 7) is 4.61. The van der Waals surface area contributed by atoms with E-state index in [-0.39, 0.29) is 23.4 Å². The highest BCUT2D eigenvalue weighted by Crippen LogP contribution is 2.27. The van der Waals surface area contributed by atoms with E-state index in [0.717, 1.165) is 0 Å². The van der Waals surface area contributed by atoms with Crippen LogP contribution in [-0.4, -0.2) is 40.0 Å². The Morgan fingerprint density at radius 1 is 1.69 bits per heavy atom. The molecule has 13 heavy (non-hydrogen) atoms. The summed E-state index contributed by atoms with van der Waals surface area (Å²) in [5, 5.41) is 8.78. The predicted molar refractivity (Wildman–Crippen MR) is 51.8 cm³/mol. The van der Waals surface area contributed by atoms with Crippen molar-refractivity contribution < 1.29 is 9.90 Å². The molecule has 0 aromatic rings. The number of nitrogens with zero attached hydrogens (tertiary/aromatic N) is 1. The Bertz CT molecular complexity index is 206. The van der Waals surface area contributed by atoms with Gasteiger partial charge in [-0.15, -0.1) is 11.6 Å². The van der Waals surface area contributed by atoms with Gasteiger partial charge >= 0.3 is 0 Å². The summed E-state index contributed by atoms with van der Waals surface area (Å²) in [4.78, 5) is 13.2. The van der Waals surface area contributed by atoms with Crippen molar-refractivity contribution in [2.24, 2.45) is 0 Å². The van der Waals surface area contributed by atoms with Crippen LogP contribution in [0.25, 0.3) is 0 Å². The second-order valence-electron chi connectivity index (χ2n) is 4.09. The Balaban J connectivity index is 2.65. The van der Waals surface area contributed by atoms with Gasteiger partial charge < -0.3 is 10.0 Å². The fourth-order valence-corrected chi connectivity index (χ4v) is 1.93. The molecule has 0 spiro atoms. The van der Waals surface area contributed by atoms with Crippen LogP contribution in [0.2, 0.25) is 0 Å². The highest BCUT2D eigenvalue weighted by molar-refractivity contribution is 6.22. The quantitative estimate of drug-likeness (QED) is 0.699. The maximum Gasteiger partial charge on any atom is 0.224 e. The van der Waals surface area contributed by atoms with Crippen LogP contribution >= 0.6 is 11.6 Å². The van der Waals surface area contributed by atoms with Gasteiger partial charge in [0, 0.05) is 25.1 Å². The van der Waals surface area contributed by atoms with E-state index in [1.54, 1.807) is 4.90 Å². The minimum Gasteiger partial charge on any atom is -0.396 e. The van der Waals surface area contributed by atoms with Crippen LogP contribution in [0.3, 0.4) is 0 Å². The molecule has 3 nitrogen and oxygen atoms in total. The van der Waals surface area contributed by atoms with Gasteiger partial charge in [0.25, 0.3) is 0 Å². The second-order valence-corrected chi connectivity index (χ2v) is 4.71. The number of carbonyl (C=O) groups excluding carboxylic acids is 1. The lowest BCUT2D eigenvalue weighted by Gasteiger charge is -2.35. The summed E-state index contributed by atoms with van der Waals surface area (Å²) < 4.78 is 0. The Kier molecular flexibility index (Phi) is 3.19. The summed E-state index contributed by atoms with van der Waals surface area (Å²) in [7, 11) is 0. The number of likely N-dealkylation sites (tertiary alicyclic amines) is 1. The van der Waals surface area contributed by atoms with Crippen molar-refractivity contribution in [3.63, 3.8) is 0 Å². The minimum atomic E-state index is -0.268. The molecule has 0 aromatic heterocycles. The number of rotatable bonds is 3. The van der Waals surface area contributed by atoms with Crippen molar-refractivity contribution in [3.05, 3.63) is 0 Å². The fraction of sp³-hybridized carbons (Fsp3) is 0.889. The zero-order valence-corrected chi connectivity index (χ0v) is 8.84. The summed E-state index contributed by atoms with van der Waals surface area (Å²) in [5.41, 5.74) is -0.268. The van der Waals surface area contributed by atoms with Gasteiger partial charge in [-0.3, -0.25) is 4.79 Å². The Morgan fingerprint density at radius 3 is 2.69 bits per heavy atom. The summed E-state index contributed by atoms with van der Waals surface area (Å²) in [6.07, 6.45) is 1.03. The van der Waals surface area contributed by atoms with Crippen molar-refractivity contribution in [3.8, 4) is 0 Å². The van der Waals surface area contributed by atoms with Crippen molar-refractivity contribution in [2.45, 2.75) is 37.6 Å². The standard InChI is InChI=1S/C9H16ClNO2/c1-9(2,3-4-12)11-6-7(10)5-8(11)13/h7,12H,3-6H2,1-2H3. The van der Waals surface area contributed by atoms with Gasteiger partial charge in [0.2, 0.25) is 5.91 Å². The molecule has 76 valence electrons. The molecule has 1 N–H and O–H groups in total. The molecule has 4 heteroatoms. The lowest BCUT2D eigenvalue weighted by Crippen LogP contribution is -2.45. The molecule has 0 aliphatic carbocycles. The van der Waals surface area contributed by atoms with Crippen LogP contribution in [0.4, 0.5) is 0 Å². The molecular formula is C9H16ClNO2. The average molecular weight is 206 g/mol. The highest BCUT2D eigenvalue weighted by atomic mass is 35.5. The minimum absolute atomic E-state index is 0.0644. The lowest BCUT2D eigenvalue weighted by atomic mass is 9.99. The SMILES string of the molecule is CC(C)(CCO)N1CC(Cl)CC1=O. The van der Waals surface area contributed by atoms with E-state index in [4.69, 9.17) is 16.7 Å². The molecule has 1 heterocycles. The topological polar surface area (TPSA) is 40.5 Å². The Hall–Kier alpha value is -0.280. The normalized spacial score (nSPS) is 24.2. The molecule has 0 saturated carbocycles. The van der Waals surface area contributed by atoms with Crippen LogP contribution in [-0.2, 0) is 4.79 Å². The highest BCUT2D eigenvalue weighted by Gasteiger charge is 2.37. The van der Waals surface area contributed by atoms with E-state index >= 15 is 0 Å². The summed E-state index contributed by atoms with van der Waals surface area (Å²) in [5.74, 6) is 0.0958. The van der Waals surface area contributed by atoms with Gasteiger partial charge in [-0.2, -0.15) is 0 Å². The largest absolute Gasteiger partial charge is 0.396 e. The van der Waals surface area contributed by atoms with Crippen molar-refractivity contribution in [2.75, 3.05) is 13.2 Å². The molecule has 0 radical (unpaired) electrons. The zero-order valence-electron chi connectivity index (χ0n) is 8.09. The van der Waals surface area contributed by atoms with Crippen molar-refractivity contribution in [1.29, 1.82) is 0 Å². The van der Waals surface area contributed by atoms with E-state index in [1.807, 2.05) is 13.8 Å². The van der Waals surface area contributed by atoms with E-state index in [2.05, 4.69) is 0 Å². The third-order valence-electron chi connectivity index (χ3n) is 2.53. The first kappa shape index (κ1) is 10.8. The van der Waals surface area contributed by atoms with E-state index in [0.29, 0.717) is 19.4 Å². The van der Waals surface area contributed by atoms with Gasteiger partial charge in [-0.25, -0.2) is 0 Å². The molecule has 0 aromatic carbocycles. The van der Waals surface area contributed by atoms with Gasteiger partial charge in [-0.05, 0) is 20.3 Å². The molecule has 1 rings (SSSR count). The van der Waals surface area contributed by atoms with Crippen molar-refractivity contribution >= 4 is 17.5 Å². The van der Waals surface area contributed by atoms with Crippen molar-refractivity contribution in [1.82, 2.24) is 4.90 Å². The van der Waals surface area contributed by atoms with Gasteiger partial charge in [0.15, 0.2) is 0 Å². The second kappa shape index (κ2) is 3.84. The van der Waals surface area contributed by atoms with Gasteiger partial charge in [0.1, 0.15) is 0 Å². The molecular weight excluding hydrogens is 190 g/mol. The molecule has 1 amide bonds. The summed E-state index contributed by atoms with van der Waals surface area (Å²) in [6, 6.07) is 0. The predicted octanol–water partition coefficient (Wildman–Crippen LogP) is 0.987. The van der Waals surface area contributed by atoms with Crippen LogP contribution in [0, 0.1) is 0 Å². The molecule has 0 bridgehead atoms. The van der Waals surface area contributed by atoms with E-state index in [1.165, 1.54) is 0 Å². The first-order valence-corrected chi connectivity index (χ1v) is 4.96. The van der Waals surface area contributed by atoms with Gasteiger partial charge in [0.05, 0.1) is 5.38 Å². The molecule has 1 aliphatic rings. The van der Waals surface area contributed by atoms with E-state index in [9.17, 15) is 4.79 Å². The summed E-state index contributed by atoms with van der Waals surface area (Å²) >= 11 is 5.88. The number of aliphatic hydroxyl groups is 1. The average Bonchev–Trinajstić information content (AvgIpc) is 2.30. The number of alkyl halides is 1. The molecule has 1 atom stereocenters. The molecule has 1 aliphatic heterocycles. The molecule has 1 fully saturated rings. The number of aliphatic hydroxyl groups excluding tert-OH is 1. The van der Waals surface area contributed by atoms with Crippen LogP contribution in [0.5, 0.6) is 0 Å². The number of carbonyl (C=O) groups is 1. The third-order valence-corrected chi connectivity index (χ3v) is 2.82. The fourth-order valence-electron chi connectivity index (χ4n) is 1.66. The maximum atomic E-state index is 11.5. The first-order valence-electron chi connectivity index (χ1n) is 4.53. The number of hydrogen-bond donors (Lipinski definition) is 1. The molecule has 1 unspecified atom stereocenters. The lowest BCUT2D eigenvalue weighted by molar-refractivity contribution is -0.132. The smallest absolute Gasteiger partial charge is 0.224 e. The number of hydrogen-bond acceptors (Lipinski definition) is 2. The van der Waals surface area contributed by atoms with Gasteiger partial charge in [-0.1, -0.05) is 0 Å². The zero-order chi connectivity index (χ0) is 10.1. The van der Waals surface area contributed by atoms with Crippen LogP contribution < -0.4 is 0 Å².